The Kier molecular flexibility index (Phi) is 6.62. The van der Waals surface area contributed by atoms with Crippen LogP contribution in [0.1, 0.15) is 12.0 Å². The van der Waals surface area contributed by atoms with Gasteiger partial charge in [-0.2, -0.15) is 4.37 Å². The van der Waals surface area contributed by atoms with E-state index in [1.807, 2.05) is 12.1 Å². The van der Waals surface area contributed by atoms with E-state index in [9.17, 15) is 0 Å². The van der Waals surface area contributed by atoms with E-state index in [0.29, 0.717) is 0 Å². The monoisotopic (exact) mass is 417 g/mol. The maximum absolute atomic E-state index is 5.24. The second kappa shape index (κ2) is 9.74. The van der Waals surface area contributed by atoms with E-state index in [1.165, 1.54) is 26.8 Å². The van der Waals surface area contributed by atoms with Crippen LogP contribution in [0.5, 0.6) is 5.75 Å². The molecule has 1 N–H and O–H groups in total. The first-order valence-electron chi connectivity index (χ1n) is 10.2. The number of nitrogens with zero attached hydrogens (tertiary/aromatic N) is 2. The van der Waals surface area contributed by atoms with Crippen molar-refractivity contribution < 1.29 is 4.74 Å². The van der Waals surface area contributed by atoms with Gasteiger partial charge >= 0.3 is 0 Å². The Morgan fingerprint density at radius 2 is 1.63 bits per heavy atom. The van der Waals surface area contributed by atoms with E-state index in [2.05, 4.69) is 82.3 Å². The predicted octanol–water partition coefficient (Wildman–Crippen LogP) is 5.91. The molecule has 0 radical (unpaired) electrons. The largest absolute Gasteiger partial charge is 0.497 e. The lowest BCUT2D eigenvalue weighted by Crippen LogP contribution is -2.21. The molecule has 154 valence electrons. The summed E-state index contributed by atoms with van der Waals surface area (Å²) in [4.78, 5) is 2.36. The number of fused-ring (bicyclic) bond motifs is 1. The minimum atomic E-state index is 0.884. The number of aromatic nitrogens is 1. The number of benzene rings is 3. The quantitative estimate of drug-likeness (QED) is 0.344. The zero-order valence-corrected chi connectivity index (χ0v) is 18.3. The smallest absolute Gasteiger partial charge is 0.147 e. The van der Waals surface area contributed by atoms with Gasteiger partial charge in [-0.05, 0) is 72.5 Å². The minimum absolute atomic E-state index is 0.884. The van der Waals surface area contributed by atoms with E-state index in [0.717, 1.165) is 37.6 Å². The molecule has 0 aliphatic rings. The maximum atomic E-state index is 5.24. The summed E-state index contributed by atoms with van der Waals surface area (Å²) in [5, 5.41) is 4.70. The van der Waals surface area contributed by atoms with Crippen LogP contribution in [0.25, 0.3) is 21.2 Å². The van der Waals surface area contributed by atoms with Crippen molar-refractivity contribution >= 4 is 27.4 Å². The number of ether oxygens (including phenoxy) is 1. The molecule has 30 heavy (non-hydrogen) atoms. The number of rotatable bonds is 9. The molecule has 1 heterocycles. The van der Waals surface area contributed by atoms with Gasteiger partial charge in [-0.1, -0.05) is 48.5 Å². The zero-order chi connectivity index (χ0) is 20.8. The van der Waals surface area contributed by atoms with Crippen molar-refractivity contribution in [3.63, 3.8) is 0 Å². The van der Waals surface area contributed by atoms with Crippen LogP contribution in [0.4, 0.5) is 5.82 Å². The normalized spacial score (nSPS) is 11.2. The third-order valence-corrected chi connectivity index (χ3v) is 6.04. The Morgan fingerprint density at radius 1 is 0.933 bits per heavy atom. The minimum Gasteiger partial charge on any atom is -0.497 e. The van der Waals surface area contributed by atoms with Crippen molar-refractivity contribution in [2.24, 2.45) is 0 Å². The van der Waals surface area contributed by atoms with Gasteiger partial charge in [-0.25, -0.2) is 0 Å². The number of methoxy groups -OCH3 is 1. The lowest BCUT2D eigenvalue weighted by Gasteiger charge is -2.17. The van der Waals surface area contributed by atoms with Crippen LogP contribution in [0.2, 0.25) is 0 Å². The Hall–Kier alpha value is -2.89. The third kappa shape index (κ3) is 4.99. The first-order chi connectivity index (χ1) is 14.7. The van der Waals surface area contributed by atoms with Gasteiger partial charge in [0.1, 0.15) is 11.6 Å². The van der Waals surface area contributed by atoms with Gasteiger partial charge < -0.3 is 15.0 Å². The van der Waals surface area contributed by atoms with E-state index in [4.69, 9.17) is 4.74 Å². The van der Waals surface area contributed by atoms with Gasteiger partial charge in [0, 0.05) is 18.5 Å². The van der Waals surface area contributed by atoms with Crippen LogP contribution in [0.15, 0.2) is 72.8 Å². The van der Waals surface area contributed by atoms with Gasteiger partial charge in [-0.3, -0.25) is 0 Å². The fraction of sp³-hybridized carbons (Fsp3) is 0.240. The SMILES string of the molecule is COc1ccc(-c2ccc(CN(C)CCCNc3nsc4ccccc34)cc2)cc1. The predicted molar refractivity (Wildman–Crippen MR) is 127 cm³/mol. The highest BCUT2D eigenvalue weighted by molar-refractivity contribution is 7.13. The van der Waals surface area contributed by atoms with Gasteiger partial charge in [0.05, 0.1) is 11.8 Å². The van der Waals surface area contributed by atoms with Crippen LogP contribution in [-0.4, -0.2) is 36.5 Å². The maximum Gasteiger partial charge on any atom is 0.147 e. The molecular weight excluding hydrogens is 390 g/mol. The number of hydrogen-bond donors (Lipinski definition) is 1. The summed E-state index contributed by atoms with van der Waals surface area (Å²) < 4.78 is 11.0. The number of hydrogen-bond acceptors (Lipinski definition) is 5. The molecule has 0 unspecified atom stereocenters. The van der Waals surface area contributed by atoms with Crippen LogP contribution >= 0.6 is 11.5 Å². The summed E-state index contributed by atoms with van der Waals surface area (Å²) in [6.07, 6.45) is 1.08. The molecule has 0 saturated heterocycles. The lowest BCUT2D eigenvalue weighted by atomic mass is 10.0. The highest BCUT2D eigenvalue weighted by Crippen LogP contribution is 2.26. The fourth-order valence-corrected chi connectivity index (χ4v) is 4.30. The van der Waals surface area contributed by atoms with Crippen molar-refractivity contribution in [2.45, 2.75) is 13.0 Å². The van der Waals surface area contributed by atoms with Crippen LogP contribution in [0.3, 0.4) is 0 Å². The topological polar surface area (TPSA) is 37.4 Å². The Bertz CT molecular complexity index is 1070. The molecule has 3 aromatic carbocycles. The van der Waals surface area contributed by atoms with Crippen molar-refractivity contribution in [1.82, 2.24) is 9.27 Å². The summed E-state index contributed by atoms with van der Waals surface area (Å²) in [5.74, 6) is 1.89. The average molecular weight is 418 g/mol. The van der Waals surface area contributed by atoms with Gasteiger partial charge in [-0.15, -0.1) is 0 Å². The molecule has 0 amide bonds. The van der Waals surface area contributed by atoms with Crippen molar-refractivity contribution in [1.29, 1.82) is 0 Å². The Labute approximate surface area is 182 Å². The van der Waals surface area contributed by atoms with E-state index in [-0.39, 0.29) is 0 Å². The Balaban J connectivity index is 1.24. The Morgan fingerprint density at radius 3 is 2.37 bits per heavy atom. The van der Waals surface area contributed by atoms with Crippen LogP contribution in [0, 0.1) is 0 Å². The highest BCUT2D eigenvalue weighted by Gasteiger charge is 2.05. The lowest BCUT2D eigenvalue weighted by molar-refractivity contribution is 0.325. The van der Waals surface area contributed by atoms with E-state index < -0.39 is 0 Å². The molecule has 1 aromatic heterocycles. The molecule has 0 bridgehead atoms. The zero-order valence-electron chi connectivity index (χ0n) is 17.5. The fourth-order valence-electron chi connectivity index (χ4n) is 3.55. The van der Waals surface area contributed by atoms with E-state index >= 15 is 0 Å². The second-order valence-corrected chi connectivity index (χ2v) is 8.28. The third-order valence-electron chi connectivity index (χ3n) is 5.22. The second-order valence-electron chi connectivity index (χ2n) is 7.47. The highest BCUT2D eigenvalue weighted by atomic mass is 32.1. The number of nitrogens with one attached hydrogen (secondary N) is 1. The van der Waals surface area contributed by atoms with Crippen molar-refractivity contribution in [2.75, 3.05) is 32.6 Å². The summed E-state index contributed by atoms with van der Waals surface area (Å²) in [5.41, 5.74) is 3.76. The van der Waals surface area contributed by atoms with Crippen LogP contribution < -0.4 is 10.1 Å². The molecule has 0 spiro atoms. The van der Waals surface area contributed by atoms with E-state index in [1.54, 1.807) is 18.6 Å². The molecule has 4 nitrogen and oxygen atoms in total. The standard InChI is InChI=1S/C25H27N3OS/c1-28(17-5-16-26-25-23-6-3-4-7-24(23)30-27-25)18-19-8-10-20(11-9-19)21-12-14-22(29-2)15-13-21/h3-4,6-15H,5,16-18H2,1-2H3,(H,26,27). The summed E-state index contributed by atoms with van der Waals surface area (Å²) in [7, 11) is 3.87. The molecule has 4 aromatic rings. The molecule has 0 aliphatic heterocycles. The summed E-state index contributed by atoms with van der Waals surface area (Å²) >= 11 is 1.55. The van der Waals surface area contributed by atoms with Gasteiger partial charge in [0.15, 0.2) is 0 Å². The summed E-state index contributed by atoms with van der Waals surface area (Å²) in [6.45, 7) is 2.91. The van der Waals surface area contributed by atoms with Crippen LogP contribution in [-0.2, 0) is 6.54 Å². The molecule has 0 saturated carbocycles. The molecule has 5 heteroatoms. The van der Waals surface area contributed by atoms with Gasteiger partial charge in [0.2, 0.25) is 0 Å². The molecule has 0 aliphatic carbocycles. The summed E-state index contributed by atoms with van der Waals surface area (Å²) in [6, 6.07) is 25.4. The van der Waals surface area contributed by atoms with Crippen molar-refractivity contribution in [3.8, 4) is 16.9 Å². The first-order valence-corrected chi connectivity index (χ1v) is 11.0. The number of anilines is 1. The van der Waals surface area contributed by atoms with Crippen molar-refractivity contribution in [3.05, 3.63) is 78.4 Å². The molecule has 4 rings (SSSR count). The molecule has 0 atom stereocenters. The molecule has 0 fully saturated rings. The van der Waals surface area contributed by atoms with Gasteiger partial charge in [0.25, 0.3) is 0 Å². The molecular formula is C25H27N3OS. The first kappa shape index (κ1) is 20.4. The average Bonchev–Trinajstić information content (AvgIpc) is 3.20.